The number of anilines is 2. The molecule has 0 spiro atoms. The van der Waals surface area contributed by atoms with Crippen LogP contribution in [-0.2, 0) is 16.1 Å². The summed E-state index contributed by atoms with van der Waals surface area (Å²) in [5, 5.41) is 5.76. The number of hydrogen-bond acceptors (Lipinski definition) is 4. The lowest BCUT2D eigenvalue weighted by molar-refractivity contribution is -0.119. The number of nitrogens with one attached hydrogen (secondary N) is 2. The third kappa shape index (κ3) is 5.97. The van der Waals surface area contributed by atoms with Gasteiger partial charge in [0.2, 0.25) is 11.8 Å². The minimum absolute atomic E-state index is 0.0529. The van der Waals surface area contributed by atoms with Gasteiger partial charge in [-0.05, 0) is 37.2 Å². The van der Waals surface area contributed by atoms with Crippen LogP contribution in [0.15, 0.2) is 48.8 Å². The van der Waals surface area contributed by atoms with Gasteiger partial charge in [-0.25, -0.2) is 0 Å². The minimum atomic E-state index is -0.137. The average molecular weight is 354 g/mol. The van der Waals surface area contributed by atoms with Crippen LogP contribution < -0.4 is 10.6 Å². The third-order valence-electron chi connectivity index (χ3n) is 4.11. The van der Waals surface area contributed by atoms with Crippen molar-refractivity contribution in [2.45, 2.75) is 26.8 Å². The van der Waals surface area contributed by atoms with Crippen LogP contribution in [0, 0.1) is 5.92 Å². The van der Waals surface area contributed by atoms with Gasteiger partial charge in [-0.15, -0.1) is 0 Å². The Bertz CT molecular complexity index is 734. The Morgan fingerprint density at radius 3 is 2.42 bits per heavy atom. The molecule has 0 saturated carbocycles. The van der Waals surface area contributed by atoms with Crippen molar-refractivity contribution < 1.29 is 9.59 Å². The number of aromatic nitrogens is 1. The first-order chi connectivity index (χ1) is 12.5. The number of nitrogens with zero attached hydrogens (tertiary/aromatic N) is 2. The first-order valence-electron chi connectivity index (χ1n) is 8.76. The maximum atomic E-state index is 12.4. The highest BCUT2D eigenvalue weighted by Crippen LogP contribution is 2.22. The topological polar surface area (TPSA) is 74.3 Å². The lowest BCUT2D eigenvalue weighted by Gasteiger charge is -2.18. The van der Waals surface area contributed by atoms with E-state index in [1.807, 2.05) is 50.1 Å². The van der Waals surface area contributed by atoms with Crippen LogP contribution >= 0.6 is 0 Å². The standard InChI is InChI=1S/C20H26N4O2/c1-4-15(2)20(26)23-18-10-6-5-9-17(18)22-19(25)14-24(3)13-16-8-7-11-21-12-16/h5-12,15H,4,13-14H2,1-3H3,(H,22,25)(H,23,26). The number of para-hydroxylation sites is 2. The van der Waals surface area contributed by atoms with Gasteiger partial charge in [0.1, 0.15) is 0 Å². The molecule has 2 N–H and O–H groups in total. The Morgan fingerprint density at radius 1 is 1.12 bits per heavy atom. The third-order valence-corrected chi connectivity index (χ3v) is 4.11. The number of benzene rings is 1. The summed E-state index contributed by atoms with van der Waals surface area (Å²) in [4.78, 5) is 30.5. The molecule has 0 bridgehead atoms. The molecule has 1 atom stereocenters. The summed E-state index contributed by atoms with van der Waals surface area (Å²) in [6.45, 7) is 4.72. The molecular formula is C20H26N4O2. The molecule has 0 radical (unpaired) electrons. The zero-order chi connectivity index (χ0) is 18.9. The SMILES string of the molecule is CCC(C)C(=O)Nc1ccccc1NC(=O)CN(C)Cc1cccnc1. The summed E-state index contributed by atoms with van der Waals surface area (Å²) in [6.07, 6.45) is 4.27. The lowest BCUT2D eigenvalue weighted by Crippen LogP contribution is -2.30. The van der Waals surface area contributed by atoms with E-state index in [1.165, 1.54) is 0 Å². The molecule has 1 unspecified atom stereocenters. The summed E-state index contributed by atoms with van der Waals surface area (Å²) in [5.74, 6) is -0.270. The van der Waals surface area contributed by atoms with Gasteiger partial charge in [0, 0.05) is 24.9 Å². The lowest BCUT2D eigenvalue weighted by atomic mass is 10.1. The molecule has 2 aromatic rings. The molecule has 1 aromatic heterocycles. The van der Waals surface area contributed by atoms with E-state index >= 15 is 0 Å². The Kier molecular flexibility index (Phi) is 7.29. The molecule has 2 rings (SSSR count). The van der Waals surface area contributed by atoms with Crippen molar-refractivity contribution in [3.8, 4) is 0 Å². The molecule has 26 heavy (non-hydrogen) atoms. The van der Waals surface area contributed by atoms with Crippen LogP contribution in [-0.4, -0.2) is 35.3 Å². The highest BCUT2D eigenvalue weighted by Gasteiger charge is 2.14. The summed E-state index contributed by atoms with van der Waals surface area (Å²) >= 11 is 0. The Morgan fingerprint density at radius 2 is 1.81 bits per heavy atom. The fourth-order valence-electron chi connectivity index (χ4n) is 2.44. The van der Waals surface area contributed by atoms with Crippen molar-refractivity contribution in [1.29, 1.82) is 0 Å². The first kappa shape index (κ1) is 19.6. The second-order valence-corrected chi connectivity index (χ2v) is 6.43. The van der Waals surface area contributed by atoms with Crippen LogP contribution in [0.25, 0.3) is 0 Å². The average Bonchev–Trinajstić information content (AvgIpc) is 2.63. The molecule has 1 heterocycles. The van der Waals surface area contributed by atoms with E-state index in [0.29, 0.717) is 17.9 Å². The monoisotopic (exact) mass is 354 g/mol. The molecule has 6 nitrogen and oxygen atoms in total. The molecule has 0 fully saturated rings. The molecule has 2 amide bonds. The zero-order valence-electron chi connectivity index (χ0n) is 15.5. The summed E-state index contributed by atoms with van der Waals surface area (Å²) in [6, 6.07) is 11.1. The van der Waals surface area contributed by atoms with Gasteiger partial charge in [-0.1, -0.05) is 32.0 Å². The molecule has 0 aliphatic carbocycles. The van der Waals surface area contributed by atoms with Gasteiger partial charge in [-0.3, -0.25) is 19.5 Å². The number of amides is 2. The normalized spacial score (nSPS) is 11.8. The van der Waals surface area contributed by atoms with Gasteiger partial charge < -0.3 is 10.6 Å². The van der Waals surface area contributed by atoms with E-state index in [-0.39, 0.29) is 24.3 Å². The molecular weight excluding hydrogens is 328 g/mol. The Balaban J connectivity index is 1.95. The van der Waals surface area contributed by atoms with Crippen molar-refractivity contribution in [3.63, 3.8) is 0 Å². The Hall–Kier alpha value is -2.73. The number of rotatable bonds is 8. The molecule has 0 saturated heterocycles. The highest BCUT2D eigenvalue weighted by atomic mass is 16.2. The van der Waals surface area contributed by atoms with Crippen molar-refractivity contribution in [1.82, 2.24) is 9.88 Å². The van der Waals surface area contributed by atoms with Gasteiger partial charge in [-0.2, -0.15) is 0 Å². The molecule has 0 aliphatic rings. The number of carbonyl (C=O) groups is 2. The van der Waals surface area contributed by atoms with E-state index in [4.69, 9.17) is 0 Å². The van der Waals surface area contributed by atoms with Crippen LogP contribution in [0.4, 0.5) is 11.4 Å². The van der Waals surface area contributed by atoms with Crippen molar-refractivity contribution in [2.24, 2.45) is 5.92 Å². The van der Waals surface area contributed by atoms with E-state index < -0.39 is 0 Å². The van der Waals surface area contributed by atoms with E-state index in [2.05, 4.69) is 15.6 Å². The van der Waals surface area contributed by atoms with Crippen molar-refractivity contribution in [2.75, 3.05) is 24.2 Å². The van der Waals surface area contributed by atoms with E-state index in [1.54, 1.807) is 24.5 Å². The van der Waals surface area contributed by atoms with Gasteiger partial charge in [0.05, 0.1) is 17.9 Å². The summed E-state index contributed by atoms with van der Waals surface area (Å²) in [7, 11) is 1.88. The minimum Gasteiger partial charge on any atom is -0.324 e. The Labute approximate surface area is 154 Å². The number of pyridine rings is 1. The van der Waals surface area contributed by atoms with Gasteiger partial charge >= 0.3 is 0 Å². The predicted octanol–water partition coefficient (Wildman–Crippen LogP) is 3.14. The van der Waals surface area contributed by atoms with Crippen LogP contribution in [0.1, 0.15) is 25.8 Å². The zero-order valence-corrected chi connectivity index (χ0v) is 15.5. The van der Waals surface area contributed by atoms with Crippen LogP contribution in [0.2, 0.25) is 0 Å². The highest BCUT2D eigenvalue weighted by molar-refractivity contribution is 6.00. The molecule has 138 valence electrons. The largest absolute Gasteiger partial charge is 0.324 e. The molecule has 1 aromatic carbocycles. The maximum Gasteiger partial charge on any atom is 0.238 e. The quantitative estimate of drug-likeness (QED) is 0.764. The van der Waals surface area contributed by atoms with E-state index in [0.717, 1.165) is 12.0 Å². The van der Waals surface area contributed by atoms with Gasteiger partial charge in [0.15, 0.2) is 0 Å². The van der Waals surface area contributed by atoms with E-state index in [9.17, 15) is 9.59 Å². The second-order valence-electron chi connectivity index (χ2n) is 6.43. The molecule has 0 aliphatic heterocycles. The van der Waals surface area contributed by atoms with Crippen LogP contribution in [0.3, 0.4) is 0 Å². The predicted molar refractivity (Wildman–Crippen MR) is 104 cm³/mol. The summed E-state index contributed by atoms with van der Waals surface area (Å²) in [5.41, 5.74) is 2.26. The fraction of sp³-hybridized carbons (Fsp3) is 0.350. The van der Waals surface area contributed by atoms with Gasteiger partial charge in [0.25, 0.3) is 0 Å². The second kappa shape index (κ2) is 9.68. The summed E-state index contributed by atoms with van der Waals surface area (Å²) < 4.78 is 0. The smallest absolute Gasteiger partial charge is 0.238 e. The maximum absolute atomic E-state index is 12.4. The number of hydrogen-bond donors (Lipinski definition) is 2. The van der Waals surface area contributed by atoms with Crippen LogP contribution in [0.5, 0.6) is 0 Å². The number of carbonyl (C=O) groups excluding carboxylic acids is 2. The fourth-order valence-corrected chi connectivity index (χ4v) is 2.44. The van der Waals surface area contributed by atoms with Crippen molar-refractivity contribution >= 4 is 23.2 Å². The molecule has 6 heteroatoms. The number of likely N-dealkylation sites (N-methyl/N-ethyl adjacent to an activating group) is 1. The van der Waals surface area contributed by atoms with Crippen molar-refractivity contribution in [3.05, 3.63) is 54.4 Å². The first-order valence-corrected chi connectivity index (χ1v) is 8.76.